The van der Waals surface area contributed by atoms with Gasteiger partial charge in [0.25, 0.3) is 0 Å². The van der Waals surface area contributed by atoms with E-state index in [1.165, 1.54) is 27.4 Å². The summed E-state index contributed by atoms with van der Waals surface area (Å²) in [6.07, 6.45) is 1.60. The Bertz CT molecular complexity index is 632. The molecule has 1 aromatic heterocycles. The first kappa shape index (κ1) is 13.8. The minimum absolute atomic E-state index is 0.108. The molecule has 0 atom stereocenters. The van der Waals surface area contributed by atoms with E-state index in [1.54, 1.807) is 18.3 Å². The quantitative estimate of drug-likeness (QED) is 0.877. The van der Waals surface area contributed by atoms with Gasteiger partial charge in [-0.1, -0.05) is 0 Å². The van der Waals surface area contributed by atoms with E-state index < -0.39 is 5.97 Å². The van der Waals surface area contributed by atoms with Crippen molar-refractivity contribution in [3.8, 4) is 28.4 Å². The number of methoxy groups -OCH3 is 3. The second-order valence-corrected chi connectivity index (χ2v) is 3.99. The van der Waals surface area contributed by atoms with Crippen molar-refractivity contribution in [3.63, 3.8) is 0 Å². The molecular weight excluding hydrogens is 262 g/mol. The molecule has 0 amide bonds. The largest absolute Gasteiger partial charge is 0.493 e. The van der Waals surface area contributed by atoms with Gasteiger partial charge in [0.1, 0.15) is 5.69 Å². The molecule has 2 N–H and O–H groups in total. The van der Waals surface area contributed by atoms with Crippen LogP contribution >= 0.6 is 0 Å². The van der Waals surface area contributed by atoms with Crippen LogP contribution in [0, 0.1) is 0 Å². The van der Waals surface area contributed by atoms with Crippen molar-refractivity contribution in [2.45, 2.75) is 0 Å². The van der Waals surface area contributed by atoms with Crippen molar-refractivity contribution in [2.75, 3.05) is 21.3 Å². The van der Waals surface area contributed by atoms with Gasteiger partial charge in [-0.05, 0) is 18.2 Å². The van der Waals surface area contributed by atoms with E-state index in [1.807, 2.05) is 0 Å². The van der Waals surface area contributed by atoms with Crippen molar-refractivity contribution in [1.29, 1.82) is 0 Å². The number of aromatic nitrogens is 1. The van der Waals surface area contributed by atoms with Crippen molar-refractivity contribution in [1.82, 2.24) is 4.98 Å². The lowest BCUT2D eigenvalue weighted by Gasteiger charge is -2.15. The summed E-state index contributed by atoms with van der Waals surface area (Å²) in [6, 6.07) is 5.06. The van der Waals surface area contributed by atoms with E-state index in [0.29, 0.717) is 28.4 Å². The average molecular weight is 277 g/mol. The minimum Gasteiger partial charge on any atom is -0.493 e. The molecule has 6 heteroatoms. The second-order valence-electron chi connectivity index (χ2n) is 3.99. The van der Waals surface area contributed by atoms with Crippen LogP contribution in [-0.2, 0) is 0 Å². The van der Waals surface area contributed by atoms with Gasteiger partial charge in [-0.15, -0.1) is 0 Å². The molecule has 1 aromatic carbocycles. The molecule has 0 radical (unpaired) electrons. The second kappa shape index (κ2) is 5.56. The van der Waals surface area contributed by atoms with Crippen LogP contribution in [-0.4, -0.2) is 37.4 Å². The summed E-state index contributed by atoms with van der Waals surface area (Å²) in [4.78, 5) is 13.6. The first-order chi connectivity index (χ1) is 9.62. The molecule has 0 fully saturated rings. The molecule has 106 valence electrons. The third-order valence-corrected chi connectivity index (χ3v) is 2.93. The van der Waals surface area contributed by atoms with Crippen LogP contribution in [0.15, 0.2) is 24.4 Å². The lowest BCUT2D eigenvalue weighted by Crippen LogP contribution is -1.96. The number of aromatic amines is 1. The summed E-state index contributed by atoms with van der Waals surface area (Å²) in [5, 5.41) is 8.95. The molecule has 0 bridgehead atoms. The number of nitrogens with one attached hydrogen (secondary N) is 1. The highest BCUT2D eigenvalue weighted by atomic mass is 16.5. The number of hydrogen-bond acceptors (Lipinski definition) is 4. The van der Waals surface area contributed by atoms with Crippen molar-refractivity contribution >= 4 is 5.97 Å². The molecule has 0 aliphatic carbocycles. The number of carboxylic acid groups (broad SMARTS) is 1. The van der Waals surface area contributed by atoms with Crippen LogP contribution in [0.5, 0.6) is 17.2 Å². The lowest BCUT2D eigenvalue weighted by molar-refractivity contribution is 0.0691. The Morgan fingerprint density at radius 2 is 1.80 bits per heavy atom. The molecule has 0 aliphatic rings. The number of carboxylic acids is 1. The van der Waals surface area contributed by atoms with Gasteiger partial charge in [0, 0.05) is 17.3 Å². The van der Waals surface area contributed by atoms with Crippen LogP contribution in [0.25, 0.3) is 11.1 Å². The fourth-order valence-corrected chi connectivity index (χ4v) is 2.00. The van der Waals surface area contributed by atoms with Crippen molar-refractivity contribution < 1.29 is 24.1 Å². The summed E-state index contributed by atoms with van der Waals surface area (Å²) in [6.45, 7) is 0. The Labute approximate surface area is 115 Å². The Balaban J connectivity index is 2.58. The molecule has 2 rings (SSSR count). The Hall–Kier alpha value is -2.63. The molecule has 6 nitrogen and oxygen atoms in total. The van der Waals surface area contributed by atoms with Gasteiger partial charge in [-0.2, -0.15) is 0 Å². The van der Waals surface area contributed by atoms with Crippen molar-refractivity contribution in [3.05, 3.63) is 30.1 Å². The van der Waals surface area contributed by atoms with E-state index in [9.17, 15) is 4.79 Å². The Kier molecular flexibility index (Phi) is 3.84. The minimum atomic E-state index is -1.02. The predicted octanol–water partition coefficient (Wildman–Crippen LogP) is 2.41. The molecule has 0 saturated carbocycles. The zero-order valence-corrected chi connectivity index (χ0v) is 11.4. The number of rotatable bonds is 5. The van der Waals surface area contributed by atoms with Gasteiger partial charge in [-0.3, -0.25) is 0 Å². The van der Waals surface area contributed by atoms with Crippen LogP contribution < -0.4 is 14.2 Å². The SMILES string of the molecule is COc1ccc(-c2c[nH]c(C(=O)O)c2)c(OC)c1OC. The Morgan fingerprint density at radius 1 is 1.10 bits per heavy atom. The molecular formula is C14H15NO5. The van der Waals surface area contributed by atoms with E-state index in [2.05, 4.69) is 4.98 Å². The van der Waals surface area contributed by atoms with E-state index in [4.69, 9.17) is 19.3 Å². The number of hydrogen-bond donors (Lipinski definition) is 2. The van der Waals surface area contributed by atoms with Gasteiger partial charge < -0.3 is 24.3 Å². The van der Waals surface area contributed by atoms with Gasteiger partial charge in [0.05, 0.1) is 21.3 Å². The number of aromatic carboxylic acids is 1. The number of benzene rings is 1. The summed E-state index contributed by atoms with van der Waals surface area (Å²) >= 11 is 0. The maximum Gasteiger partial charge on any atom is 0.352 e. The average Bonchev–Trinajstić information content (AvgIpc) is 2.95. The highest BCUT2D eigenvalue weighted by Gasteiger charge is 2.18. The molecule has 2 aromatic rings. The standard InChI is InChI=1S/C14H15NO5/c1-18-11-5-4-9(12(19-2)13(11)20-3)8-6-10(14(16)17)15-7-8/h4-7,15H,1-3H3,(H,16,17). The first-order valence-electron chi connectivity index (χ1n) is 5.83. The third-order valence-electron chi connectivity index (χ3n) is 2.93. The molecule has 0 saturated heterocycles. The van der Waals surface area contributed by atoms with Gasteiger partial charge in [-0.25, -0.2) is 4.79 Å². The Morgan fingerprint density at radius 3 is 2.30 bits per heavy atom. The molecule has 0 aliphatic heterocycles. The zero-order valence-electron chi connectivity index (χ0n) is 11.4. The first-order valence-corrected chi connectivity index (χ1v) is 5.83. The normalized spacial score (nSPS) is 10.2. The highest BCUT2D eigenvalue weighted by Crippen LogP contribution is 2.44. The monoisotopic (exact) mass is 277 g/mol. The van der Waals surface area contributed by atoms with Crippen LogP contribution in [0.4, 0.5) is 0 Å². The summed E-state index contributed by atoms with van der Waals surface area (Å²) < 4.78 is 15.9. The third kappa shape index (κ3) is 2.27. The highest BCUT2D eigenvalue weighted by molar-refractivity contribution is 5.88. The van der Waals surface area contributed by atoms with E-state index in [0.717, 1.165) is 0 Å². The number of ether oxygens (including phenoxy) is 3. The van der Waals surface area contributed by atoms with Crippen LogP contribution in [0.1, 0.15) is 10.5 Å². The topological polar surface area (TPSA) is 80.8 Å². The van der Waals surface area contributed by atoms with Crippen LogP contribution in [0.2, 0.25) is 0 Å². The molecule has 0 spiro atoms. The molecule has 0 unspecified atom stereocenters. The van der Waals surface area contributed by atoms with Gasteiger partial charge in [0.2, 0.25) is 5.75 Å². The van der Waals surface area contributed by atoms with E-state index >= 15 is 0 Å². The smallest absolute Gasteiger partial charge is 0.352 e. The van der Waals surface area contributed by atoms with Crippen LogP contribution in [0.3, 0.4) is 0 Å². The van der Waals surface area contributed by atoms with Crippen molar-refractivity contribution in [2.24, 2.45) is 0 Å². The summed E-state index contributed by atoms with van der Waals surface area (Å²) in [5.74, 6) is 0.478. The fourth-order valence-electron chi connectivity index (χ4n) is 2.00. The van der Waals surface area contributed by atoms with E-state index in [-0.39, 0.29) is 5.69 Å². The maximum atomic E-state index is 10.9. The number of H-pyrrole nitrogens is 1. The molecule has 1 heterocycles. The fraction of sp³-hybridized carbons (Fsp3) is 0.214. The lowest BCUT2D eigenvalue weighted by atomic mass is 10.1. The molecule has 20 heavy (non-hydrogen) atoms. The van der Waals surface area contributed by atoms with Gasteiger partial charge >= 0.3 is 5.97 Å². The maximum absolute atomic E-state index is 10.9. The summed E-state index contributed by atoms with van der Waals surface area (Å²) in [5.41, 5.74) is 1.52. The predicted molar refractivity (Wildman–Crippen MR) is 72.8 cm³/mol. The number of carbonyl (C=O) groups is 1. The van der Waals surface area contributed by atoms with Gasteiger partial charge in [0.15, 0.2) is 11.5 Å². The summed E-state index contributed by atoms with van der Waals surface area (Å²) in [7, 11) is 4.57. The zero-order chi connectivity index (χ0) is 14.7.